The maximum absolute atomic E-state index is 15.2. The molecule has 2 aromatic heterocycles. The number of amides is 2. The van der Waals surface area contributed by atoms with Crippen LogP contribution < -0.4 is 20.3 Å². The first-order valence-electron chi connectivity index (χ1n) is 30.4. The van der Waals surface area contributed by atoms with Crippen LogP contribution in [-0.2, 0) is 9.59 Å². The first kappa shape index (κ1) is 59.3. The topological polar surface area (TPSA) is 116 Å². The van der Waals surface area contributed by atoms with E-state index in [0.29, 0.717) is 59.8 Å². The van der Waals surface area contributed by atoms with E-state index >= 15 is 4.39 Å². The Bertz CT molecular complexity index is 3100. The molecule has 2 saturated carbocycles. The lowest BCUT2D eigenvalue weighted by Gasteiger charge is -2.56. The summed E-state index contributed by atoms with van der Waals surface area (Å²) in [6.45, 7) is 25.5. The quantitative estimate of drug-likeness (QED) is 0.0532. The third kappa shape index (κ3) is 13.3. The van der Waals surface area contributed by atoms with Crippen molar-refractivity contribution in [2.45, 2.75) is 164 Å². The molecular weight excluding hydrogens is 1010 g/mol. The molecule has 4 saturated heterocycles. The van der Waals surface area contributed by atoms with Crippen molar-refractivity contribution < 1.29 is 18.7 Å². The number of carbonyl (C=O) groups excluding carboxylic acids is 2. The van der Waals surface area contributed by atoms with Gasteiger partial charge in [0.1, 0.15) is 11.6 Å². The number of nitrogens with one attached hydrogen (secondary N) is 1. The summed E-state index contributed by atoms with van der Waals surface area (Å²) < 4.78 is 21.9. The Kier molecular flexibility index (Phi) is 19.2. The van der Waals surface area contributed by atoms with Crippen LogP contribution in [-0.4, -0.2) is 108 Å². The number of likely N-dealkylation sites (tertiary alicyclic amines) is 2. The summed E-state index contributed by atoms with van der Waals surface area (Å²) in [4.78, 5) is 52.2. The molecule has 80 heavy (non-hydrogen) atoms. The van der Waals surface area contributed by atoms with Gasteiger partial charge in [-0.2, -0.15) is 9.97 Å². The molecule has 6 heterocycles. The summed E-state index contributed by atoms with van der Waals surface area (Å²) in [5.74, 6) is 4.21. The van der Waals surface area contributed by atoms with Gasteiger partial charge in [0.25, 0.3) is 0 Å². The Hall–Kier alpha value is -5.34. The van der Waals surface area contributed by atoms with Crippen LogP contribution in [0.3, 0.4) is 0 Å². The summed E-state index contributed by atoms with van der Waals surface area (Å²) in [6, 6.07) is 15.1. The van der Waals surface area contributed by atoms with Crippen molar-refractivity contribution in [2.24, 2.45) is 33.6 Å². The molecule has 3 unspecified atom stereocenters. The smallest absolute Gasteiger partial charge is 0.318 e. The number of ether oxygens (including phenoxy) is 1. The minimum Gasteiger partial charge on any atom is -0.463 e. The number of terminal acetylenes is 1. The molecule has 4 aliphatic heterocycles. The molecular formula is C67H90FN8O3P. The third-order valence-corrected chi connectivity index (χ3v) is 19.3. The number of hydrogen-bond donors (Lipinski definition) is 1. The van der Waals surface area contributed by atoms with Gasteiger partial charge < -0.3 is 19.4 Å². The predicted molar refractivity (Wildman–Crippen MR) is 330 cm³/mol. The zero-order chi connectivity index (χ0) is 56.9. The fourth-order valence-electron chi connectivity index (χ4n) is 13.1. The first-order valence-corrected chi connectivity index (χ1v) is 31.0. The molecule has 0 radical (unpaired) electrons. The number of benzene rings is 3. The number of nitrogens with zero attached hydrogens (tertiary/aromatic N) is 7. The van der Waals surface area contributed by atoms with Crippen LogP contribution in [0.4, 0.5) is 10.2 Å². The number of imide groups is 1. The lowest BCUT2D eigenvalue weighted by molar-refractivity contribution is -0.134. The van der Waals surface area contributed by atoms with Gasteiger partial charge in [0, 0.05) is 67.0 Å². The van der Waals surface area contributed by atoms with E-state index in [-0.39, 0.29) is 28.7 Å². The molecule has 11 nitrogen and oxygen atoms in total. The van der Waals surface area contributed by atoms with Gasteiger partial charge >= 0.3 is 6.01 Å². The van der Waals surface area contributed by atoms with Crippen LogP contribution in [0.25, 0.3) is 32.9 Å². The number of hydrogen-bond acceptors (Lipinski definition) is 10. The second kappa shape index (κ2) is 25.8. The van der Waals surface area contributed by atoms with E-state index in [1.807, 2.05) is 25.3 Å². The second-order valence-electron chi connectivity index (χ2n) is 25.2. The standard InChI is InChI=1S/C58H68FN8O3P.C5H12.C4H10/c1-6-42-47(59)13-10-40-26-36(3)27-45(49(40)42)51-53(71)52-46(31-61-51)54(67-21-7-8-35(2)32-67)64-56(63-52)70-34-58(17-18-58)33-65-24-19-57(20-25-65)29-41(30-57)66-22-15-38(16-23-66)39-9-11-43(37(4)28-39)50(60-5)44-12-14-48(68)62-55(44)69;1-4-5(2)3;1-3-4-2/h1,9-11,13,26-28,31,35,38,41,44H,7-8,12,14-25,29-30,32-34,71H2,2-5H3,(H,62,68,69);5H,4H2,1-3H3;3-4H2,1-2H3. The van der Waals surface area contributed by atoms with Gasteiger partial charge in [-0.1, -0.05) is 97.1 Å². The van der Waals surface area contributed by atoms with E-state index in [0.717, 1.165) is 126 Å². The number of piperidine rings is 4. The van der Waals surface area contributed by atoms with Crippen molar-refractivity contribution in [1.82, 2.24) is 30.1 Å². The summed E-state index contributed by atoms with van der Waals surface area (Å²) in [7, 11) is 4.64. The van der Waals surface area contributed by atoms with E-state index in [4.69, 9.17) is 26.1 Å². The Morgan fingerprint density at radius 3 is 2.30 bits per heavy atom. The Labute approximate surface area is 479 Å². The highest BCUT2D eigenvalue weighted by Gasteiger charge is 2.51. The van der Waals surface area contributed by atoms with Gasteiger partial charge in [0.05, 0.1) is 40.4 Å². The highest BCUT2D eigenvalue weighted by molar-refractivity contribution is 7.28. The molecule has 3 aromatic carbocycles. The second-order valence-corrected chi connectivity index (χ2v) is 25.8. The molecule has 1 spiro atoms. The molecule has 428 valence electrons. The number of fused-ring (bicyclic) bond motifs is 2. The van der Waals surface area contributed by atoms with E-state index in [1.54, 1.807) is 13.1 Å². The maximum Gasteiger partial charge on any atom is 0.318 e. The fourth-order valence-corrected chi connectivity index (χ4v) is 13.6. The summed E-state index contributed by atoms with van der Waals surface area (Å²) in [6.07, 6.45) is 24.7. The average Bonchev–Trinajstić information content (AvgIpc) is 4.26. The molecule has 3 atom stereocenters. The first-order chi connectivity index (χ1) is 38.5. The third-order valence-electron chi connectivity index (χ3n) is 18.8. The molecule has 2 amide bonds. The molecule has 5 aromatic rings. The van der Waals surface area contributed by atoms with Gasteiger partial charge in [-0.05, 0) is 174 Å². The molecule has 13 heteroatoms. The van der Waals surface area contributed by atoms with Gasteiger partial charge in [0.15, 0.2) is 0 Å². The Morgan fingerprint density at radius 2 is 1.68 bits per heavy atom. The summed E-state index contributed by atoms with van der Waals surface area (Å²) in [5, 5.41) is 5.76. The van der Waals surface area contributed by atoms with E-state index in [9.17, 15) is 9.59 Å². The zero-order valence-corrected chi connectivity index (χ0v) is 50.8. The Balaban J connectivity index is 0.000000800. The minimum absolute atomic E-state index is 0.108. The highest BCUT2D eigenvalue weighted by atomic mass is 31.0. The number of aryl methyl sites for hydroxylation is 2. The average molecular weight is 1110 g/mol. The molecule has 0 bridgehead atoms. The number of aromatic nitrogens is 3. The number of rotatable bonds is 13. The largest absolute Gasteiger partial charge is 0.463 e. The van der Waals surface area contributed by atoms with Crippen LogP contribution >= 0.6 is 9.24 Å². The van der Waals surface area contributed by atoms with Gasteiger partial charge in [-0.15, -0.1) is 15.7 Å². The number of halogens is 1. The molecule has 11 rings (SSSR count). The van der Waals surface area contributed by atoms with Crippen molar-refractivity contribution >= 4 is 59.6 Å². The summed E-state index contributed by atoms with van der Waals surface area (Å²) >= 11 is 0. The van der Waals surface area contributed by atoms with Crippen LogP contribution in [0.15, 0.2) is 53.7 Å². The van der Waals surface area contributed by atoms with Crippen molar-refractivity contribution in [2.75, 3.05) is 64.4 Å². The molecule has 1 N–H and O–H groups in total. The van der Waals surface area contributed by atoms with Crippen LogP contribution in [0.2, 0.25) is 0 Å². The van der Waals surface area contributed by atoms with Crippen molar-refractivity contribution in [3.8, 4) is 29.6 Å². The highest BCUT2D eigenvalue weighted by Crippen LogP contribution is 2.53. The van der Waals surface area contributed by atoms with Crippen LogP contribution in [0.1, 0.15) is 172 Å². The fraction of sp³-hybridized carbons (Fsp3) is 0.582. The number of carbonyl (C=O) groups is 2. The molecule has 6 aliphatic rings. The molecule has 2 aliphatic carbocycles. The number of anilines is 1. The minimum atomic E-state index is -0.419. The van der Waals surface area contributed by atoms with E-state index in [2.05, 4.69) is 107 Å². The normalized spacial score (nSPS) is 21.6. The van der Waals surface area contributed by atoms with E-state index in [1.165, 1.54) is 75.8 Å². The zero-order valence-electron chi connectivity index (χ0n) is 49.7. The molecule has 6 fully saturated rings. The summed E-state index contributed by atoms with van der Waals surface area (Å²) in [5.41, 5.74) is 8.44. The number of unbranched alkanes of at least 4 members (excludes halogenated alkanes) is 1. The van der Waals surface area contributed by atoms with Crippen LogP contribution in [0, 0.1) is 60.6 Å². The van der Waals surface area contributed by atoms with Crippen molar-refractivity contribution in [3.63, 3.8) is 0 Å². The van der Waals surface area contributed by atoms with Crippen molar-refractivity contribution in [3.05, 3.63) is 82.3 Å². The van der Waals surface area contributed by atoms with Crippen molar-refractivity contribution in [1.29, 1.82) is 0 Å². The van der Waals surface area contributed by atoms with Crippen LogP contribution in [0.5, 0.6) is 6.01 Å². The predicted octanol–water partition coefficient (Wildman–Crippen LogP) is 12.9. The van der Waals surface area contributed by atoms with Gasteiger partial charge in [0.2, 0.25) is 11.8 Å². The lowest BCUT2D eigenvalue weighted by atomic mass is 9.59. The van der Waals surface area contributed by atoms with Gasteiger partial charge in [-0.3, -0.25) is 24.9 Å². The number of aliphatic imine (C=N–C) groups is 1. The lowest BCUT2D eigenvalue weighted by Crippen LogP contribution is -2.56. The SMILES string of the molecule is C#Cc1c(F)ccc2cc(C)cc(-c3ncc4c(N5CCCC(C)C5)nc(OCC5(CN6CCC7(CC6)CC(N6CCC(c8ccc(C(=NC)C9CCC(=O)NC9=O)c(C)c8)CC6)C7)CC5)nc4c3P)c12.CCC(C)C.CCCC. The Morgan fingerprint density at radius 1 is 0.950 bits per heavy atom. The monoisotopic (exact) mass is 1100 g/mol. The van der Waals surface area contributed by atoms with E-state index < -0.39 is 5.82 Å². The van der Waals surface area contributed by atoms with Gasteiger partial charge in [-0.25, -0.2) is 4.39 Å². The number of pyridine rings is 1. The maximum atomic E-state index is 15.2.